The van der Waals surface area contributed by atoms with Crippen molar-refractivity contribution in [2.45, 2.75) is 39.2 Å². The Kier molecular flexibility index (Phi) is 5.35. The molecule has 1 atom stereocenters. The highest BCUT2D eigenvalue weighted by molar-refractivity contribution is 9.10. The number of rotatable bonds is 3. The smallest absolute Gasteiger partial charge is 0.407 e. The molecular weight excluding hydrogens is 313 g/mol. The second kappa shape index (κ2) is 6.37. The first-order valence-electron chi connectivity index (χ1n) is 6.11. The minimum absolute atomic E-state index is 0.124. The van der Waals surface area contributed by atoms with Gasteiger partial charge in [0.05, 0.1) is 0 Å². The number of benzene rings is 1. The minimum atomic E-state index is -0.532. The van der Waals surface area contributed by atoms with Crippen molar-refractivity contribution >= 4 is 22.0 Å². The standard InChI is InChI=1S/C14H19BrFNO2/c1-9(8-17-13(18)19-14(2,3)4)11-6-5-10(15)7-12(11)16/h5-7,9H,8H2,1-4H3,(H,17,18)/t9-/m1/s1. The average Bonchev–Trinajstić information content (AvgIpc) is 2.23. The highest BCUT2D eigenvalue weighted by Gasteiger charge is 2.17. The predicted octanol–water partition coefficient (Wildman–Crippen LogP) is 4.22. The van der Waals surface area contributed by atoms with Gasteiger partial charge in [-0.3, -0.25) is 0 Å². The summed E-state index contributed by atoms with van der Waals surface area (Å²) in [4.78, 5) is 11.5. The molecule has 0 bridgehead atoms. The van der Waals surface area contributed by atoms with Crippen molar-refractivity contribution in [3.8, 4) is 0 Å². The average molecular weight is 332 g/mol. The molecule has 19 heavy (non-hydrogen) atoms. The maximum absolute atomic E-state index is 13.7. The van der Waals surface area contributed by atoms with E-state index in [0.717, 1.165) is 0 Å². The van der Waals surface area contributed by atoms with Gasteiger partial charge in [-0.1, -0.05) is 28.9 Å². The highest BCUT2D eigenvalue weighted by atomic mass is 79.9. The van der Waals surface area contributed by atoms with Gasteiger partial charge in [0.2, 0.25) is 0 Å². The largest absolute Gasteiger partial charge is 0.444 e. The quantitative estimate of drug-likeness (QED) is 0.900. The molecule has 0 aliphatic rings. The summed E-state index contributed by atoms with van der Waals surface area (Å²) in [6.07, 6.45) is -0.489. The van der Waals surface area contributed by atoms with E-state index in [1.165, 1.54) is 6.07 Å². The minimum Gasteiger partial charge on any atom is -0.444 e. The molecule has 0 spiro atoms. The maximum atomic E-state index is 13.7. The van der Waals surface area contributed by atoms with Gasteiger partial charge in [-0.2, -0.15) is 0 Å². The predicted molar refractivity (Wildman–Crippen MR) is 76.8 cm³/mol. The Balaban J connectivity index is 2.56. The van der Waals surface area contributed by atoms with E-state index < -0.39 is 11.7 Å². The molecule has 5 heteroatoms. The third-order valence-corrected chi connectivity index (χ3v) is 2.94. The van der Waals surface area contributed by atoms with Crippen molar-refractivity contribution < 1.29 is 13.9 Å². The Morgan fingerprint density at radius 1 is 1.47 bits per heavy atom. The number of nitrogens with one attached hydrogen (secondary N) is 1. The van der Waals surface area contributed by atoms with Crippen molar-refractivity contribution in [2.75, 3.05) is 6.54 Å². The summed E-state index contributed by atoms with van der Waals surface area (Å²) in [6.45, 7) is 7.57. The van der Waals surface area contributed by atoms with Gasteiger partial charge in [-0.15, -0.1) is 0 Å². The molecule has 0 aromatic heterocycles. The van der Waals surface area contributed by atoms with Crippen LogP contribution in [0.4, 0.5) is 9.18 Å². The molecule has 1 rings (SSSR count). The third kappa shape index (κ3) is 5.59. The second-order valence-electron chi connectivity index (χ2n) is 5.45. The molecule has 106 valence electrons. The van der Waals surface area contributed by atoms with Crippen molar-refractivity contribution in [2.24, 2.45) is 0 Å². The summed E-state index contributed by atoms with van der Waals surface area (Å²) in [5, 5.41) is 2.64. The van der Waals surface area contributed by atoms with Crippen LogP contribution in [0.3, 0.4) is 0 Å². The third-order valence-electron chi connectivity index (χ3n) is 2.44. The van der Waals surface area contributed by atoms with Crippen LogP contribution in [0.15, 0.2) is 22.7 Å². The lowest BCUT2D eigenvalue weighted by molar-refractivity contribution is 0.0525. The Bertz CT molecular complexity index is 457. The summed E-state index contributed by atoms with van der Waals surface area (Å²) in [5.74, 6) is -0.409. The number of halogens is 2. The van der Waals surface area contributed by atoms with Crippen molar-refractivity contribution in [1.29, 1.82) is 0 Å². The van der Waals surface area contributed by atoms with E-state index in [9.17, 15) is 9.18 Å². The normalized spacial score (nSPS) is 12.9. The second-order valence-corrected chi connectivity index (χ2v) is 6.37. The van der Waals surface area contributed by atoms with E-state index in [2.05, 4.69) is 21.2 Å². The molecule has 0 saturated carbocycles. The van der Waals surface area contributed by atoms with Gasteiger partial charge in [-0.05, 0) is 38.5 Å². The zero-order valence-electron chi connectivity index (χ0n) is 11.6. The Morgan fingerprint density at radius 2 is 2.11 bits per heavy atom. The molecular formula is C14H19BrFNO2. The first kappa shape index (κ1) is 16.0. The van der Waals surface area contributed by atoms with Crippen LogP contribution >= 0.6 is 15.9 Å². The van der Waals surface area contributed by atoms with Gasteiger partial charge < -0.3 is 10.1 Å². The number of alkyl carbamates (subject to hydrolysis) is 1. The van der Waals surface area contributed by atoms with Crippen LogP contribution in [0.1, 0.15) is 39.2 Å². The van der Waals surface area contributed by atoms with Crippen molar-refractivity contribution in [3.63, 3.8) is 0 Å². The fraction of sp³-hybridized carbons (Fsp3) is 0.500. The van der Waals surface area contributed by atoms with Crippen molar-refractivity contribution in [1.82, 2.24) is 5.32 Å². The number of hydrogen-bond acceptors (Lipinski definition) is 2. The molecule has 0 aliphatic carbocycles. The van der Waals surface area contributed by atoms with Crippen LogP contribution in [-0.4, -0.2) is 18.2 Å². The summed E-state index contributed by atoms with van der Waals surface area (Å²) in [7, 11) is 0. The first-order valence-corrected chi connectivity index (χ1v) is 6.90. The molecule has 0 unspecified atom stereocenters. The van der Waals surface area contributed by atoms with Crippen LogP contribution in [0.2, 0.25) is 0 Å². The van der Waals surface area contributed by atoms with Gasteiger partial charge in [0.15, 0.2) is 0 Å². The molecule has 0 saturated heterocycles. The first-order chi connectivity index (χ1) is 8.69. The van der Waals surface area contributed by atoms with Crippen LogP contribution in [0.25, 0.3) is 0 Å². The monoisotopic (exact) mass is 331 g/mol. The lowest BCUT2D eigenvalue weighted by Gasteiger charge is -2.21. The lowest BCUT2D eigenvalue weighted by Crippen LogP contribution is -2.34. The lowest BCUT2D eigenvalue weighted by atomic mass is 10.0. The summed E-state index contributed by atoms with van der Waals surface area (Å²) >= 11 is 3.21. The van der Waals surface area contributed by atoms with E-state index >= 15 is 0 Å². The van der Waals surface area contributed by atoms with Crippen LogP contribution in [0.5, 0.6) is 0 Å². The molecule has 1 N–H and O–H groups in total. The Morgan fingerprint density at radius 3 is 2.63 bits per heavy atom. The molecule has 0 radical (unpaired) electrons. The number of carbonyl (C=O) groups is 1. The molecule has 1 aromatic rings. The van der Waals surface area contributed by atoms with E-state index in [0.29, 0.717) is 16.6 Å². The molecule has 1 aromatic carbocycles. The van der Waals surface area contributed by atoms with Gasteiger partial charge in [0.1, 0.15) is 11.4 Å². The van der Waals surface area contributed by atoms with Crippen LogP contribution < -0.4 is 5.32 Å². The van der Waals surface area contributed by atoms with Crippen LogP contribution in [-0.2, 0) is 4.74 Å². The maximum Gasteiger partial charge on any atom is 0.407 e. The molecule has 3 nitrogen and oxygen atoms in total. The summed E-state index contributed by atoms with van der Waals surface area (Å²) < 4.78 is 19.5. The molecule has 0 fully saturated rings. The molecule has 0 heterocycles. The van der Waals surface area contributed by atoms with Gasteiger partial charge >= 0.3 is 6.09 Å². The zero-order valence-corrected chi connectivity index (χ0v) is 13.2. The fourth-order valence-corrected chi connectivity index (χ4v) is 1.89. The SMILES string of the molecule is C[C@H](CNC(=O)OC(C)(C)C)c1ccc(Br)cc1F. The highest BCUT2D eigenvalue weighted by Crippen LogP contribution is 2.22. The number of ether oxygens (including phenoxy) is 1. The van der Waals surface area contributed by atoms with Crippen LogP contribution in [0, 0.1) is 5.82 Å². The van der Waals surface area contributed by atoms with E-state index in [1.54, 1.807) is 32.9 Å². The molecule has 0 aliphatic heterocycles. The van der Waals surface area contributed by atoms with E-state index in [-0.39, 0.29) is 11.7 Å². The van der Waals surface area contributed by atoms with Gasteiger partial charge in [0, 0.05) is 16.9 Å². The number of amides is 1. The number of hydrogen-bond donors (Lipinski definition) is 1. The zero-order chi connectivity index (χ0) is 14.6. The fourth-order valence-electron chi connectivity index (χ4n) is 1.56. The van der Waals surface area contributed by atoms with E-state index in [4.69, 9.17) is 4.74 Å². The summed E-state index contributed by atoms with van der Waals surface area (Å²) in [6, 6.07) is 4.91. The van der Waals surface area contributed by atoms with Crippen molar-refractivity contribution in [3.05, 3.63) is 34.1 Å². The van der Waals surface area contributed by atoms with Gasteiger partial charge in [0.25, 0.3) is 0 Å². The molecule has 1 amide bonds. The van der Waals surface area contributed by atoms with Gasteiger partial charge in [-0.25, -0.2) is 9.18 Å². The van der Waals surface area contributed by atoms with E-state index in [1.807, 2.05) is 6.92 Å². The Labute approximate surface area is 121 Å². The number of carbonyl (C=O) groups excluding carboxylic acids is 1. The Hall–Kier alpha value is -1.10. The topological polar surface area (TPSA) is 38.3 Å². The summed E-state index contributed by atoms with van der Waals surface area (Å²) in [5.41, 5.74) is 0.0372.